The van der Waals surface area contributed by atoms with Crippen molar-refractivity contribution in [1.29, 1.82) is 0 Å². The Labute approximate surface area is 119 Å². The first-order chi connectivity index (χ1) is 8.08. The lowest BCUT2D eigenvalue weighted by molar-refractivity contribution is 0.0709. The molecule has 3 nitrogen and oxygen atoms in total. The van der Waals surface area contributed by atoms with E-state index in [2.05, 4.69) is 12.2 Å². The van der Waals surface area contributed by atoms with Gasteiger partial charge in [0.25, 0.3) is 5.91 Å². The molecule has 0 aliphatic carbocycles. The number of hydrogen-bond acceptors (Lipinski definition) is 2. The van der Waals surface area contributed by atoms with E-state index in [0.29, 0.717) is 11.1 Å². The van der Waals surface area contributed by atoms with Crippen molar-refractivity contribution < 1.29 is 4.79 Å². The summed E-state index contributed by atoms with van der Waals surface area (Å²) >= 11 is 5.96. The van der Waals surface area contributed by atoms with E-state index in [0.717, 1.165) is 30.8 Å². The summed E-state index contributed by atoms with van der Waals surface area (Å²) in [6.07, 6.45) is 0. The van der Waals surface area contributed by atoms with Gasteiger partial charge in [-0.2, -0.15) is 0 Å². The summed E-state index contributed by atoms with van der Waals surface area (Å²) in [7, 11) is 0. The molecular formula is C13H18Cl2N2O. The largest absolute Gasteiger partial charge is 0.336 e. The van der Waals surface area contributed by atoms with Crippen molar-refractivity contribution in [3.8, 4) is 0 Å². The second-order valence-corrected chi connectivity index (χ2v) is 4.98. The fourth-order valence-electron chi connectivity index (χ4n) is 2.08. The van der Waals surface area contributed by atoms with Crippen LogP contribution in [0.25, 0.3) is 0 Å². The summed E-state index contributed by atoms with van der Waals surface area (Å²) in [5.74, 6) is 0.0955. The summed E-state index contributed by atoms with van der Waals surface area (Å²) in [4.78, 5) is 14.2. The zero-order valence-electron chi connectivity index (χ0n) is 10.6. The third-order valence-corrected chi connectivity index (χ3v) is 3.48. The minimum absolute atomic E-state index is 0. The molecule has 0 saturated carbocycles. The third kappa shape index (κ3) is 3.37. The van der Waals surface area contributed by atoms with Crippen LogP contribution in [0.5, 0.6) is 0 Å². The molecule has 0 aromatic heterocycles. The molecule has 100 valence electrons. The Morgan fingerprint density at radius 1 is 1.50 bits per heavy atom. The first kappa shape index (κ1) is 15.3. The van der Waals surface area contributed by atoms with Crippen LogP contribution in [0, 0.1) is 6.92 Å². The fraction of sp³-hybridized carbons (Fsp3) is 0.462. The Kier molecular flexibility index (Phi) is 5.45. The molecule has 0 bridgehead atoms. The van der Waals surface area contributed by atoms with Gasteiger partial charge in [-0.15, -0.1) is 12.4 Å². The smallest absolute Gasteiger partial charge is 0.253 e. The van der Waals surface area contributed by atoms with Crippen LogP contribution >= 0.6 is 24.0 Å². The van der Waals surface area contributed by atoms with Crippen molar-refractivity contribution in [2.75, 3.05) is 19.6 Å². The minimum Gasteiger partial charge on any atom is -0.336 e. The standard InChI is InChI=1S/C13H17ClN2O.ClH/c1-9-7-11(3-4-12(9)14)13(17)16-6-5-15-10(2)8-16;/h3-4,7,10,15H,5-6,8H2,1-2H3;1H/t10-;/m0./s1. The van der Waals surface area contributed by atoms with Crippen LogP contribution in [0.4, 0.5) is 0 Å². The van der Waals surface area contributed by atoms with Gasteiger partial charge in [0.15, 0.2) is 0 Å². The van der Waals surface area contributed by atoms with Crippen molar-refractivity contribution in [3.63, 3.8) is 0 Å². The molecule has 1 aromatic rings. The number of benzene rings is 1. The highest BCUT2D eigenvalue weighted by atomic mass is 35.5. The van der Waals surface area contributed by atoms with Gasteiger partial charge in [0.05, 0.1) is 0 Å². The minimum atomic E-state index is 0. The normalized spacial score (nSPS) is 19.3. The molecule has 0 unspecified atom stereocenters. The Morgan fingerprint density at radius 3 is 2.83 bits per heavy atom. The van der Waals surface area contributed by atoms with E-state index in [1.54, 1.807) is 12.1 Å². The van der Waals surface area contributed by atoms with Gasteiger partial charge in [-0.05, 0) is 37.6 Å². The van der Waals surface area contributed by atoms with Gasteiger partial charge < -0.3 is 10.2 Å². The molecule has 1 heterocycles. The number of aryl methyl sites for hydroxylation is 1. The Hall–Kier alpha value is -0.770. The van der Waals surface area contributed by atoms with E-state index in [1.165, 1.54) is 0 Å². The number of nitrogens with zero attached hydrogens (tertiary/aromatic N) is 1. The number of piperazine rings is 1. The van der Waals surface area contributed by atoms with E-state index in [-0.39, 0.29) is 18.3 Å². The monoisotopic (exact) mass is 288 g/mol. The molecule has 1 aromatic carbocycles. The zero-order valence-corrected chi connectivity index (χ0v) is 12.1. The Morgan fingerprint density at radius 2 is 2.22 bits per heavy atom. The molecule has 0 spiro atoms. The van der Waals surface area contributed by atoms with Crippen LogP contribution in [0.3, 0.4) is 0 Å². The van der Waals surface area contributed by atoms with E-state index in [4.69, 9.17) is 11.6 Å². The molecule has 1 aliphatic rings. The highest BCUT2D eigenvalue weighted by molar-refractivity contribution is 6.31. The van der Waals surface area contributed by atoms with Gasteiger partial charge in [-0.3, -0.25) is 4.79 Å². The molecule has 1 atom stereocenters. The van der Waals surface area contributed by atoms with Crippen LogP contribution in [0.1, 0.15) is 22.8 Å². The summed E-state index contributed by atoms with van der Waals surface area (Å²) < 4.78 is 0. The number of hydrogen-bond donors (Lipinski definition) is 1. The van der Waals surface area contributed by atoms with Crippen molar-refractivity contribution in [1.82, 2.24) is 10.2 Å². The van der Waals surface area contributed by atoms with Gasteiger partial charge >= 0.3 is 0 Å². The maximum absolute atomic E-state index is 12.3. The van der Waals surface area contributed by atoms with Gasteiger partial charge in [0.1, 0.15) is 0 Å². The molecule has 2 rings (SSSR count). The van der Waals surface area contributed by atoms with Gasteiger partial charge in [0, 0.05) is 36.3 Å². The molecule has 1 aliphatic heterocycles. The topological polar surface area (TPSA) is 32.3 Å². The Balaban J connectivity index is 0.00000162. The first-order valence-corrected chi connectivity index (χ1v) is 6.24. The van der Waals surface area contributed by atoms with Crippen LogP contribution in [-0.2, 0) is 0 Å². The SMILES string of the molecule is Cc1cc(C(=O)N2CCN[C@@H](C)C2)ccc1Cl.Cl. The van der Waals surface area contributed by atoms with E-state index < -0.39 is 0 Å². The van der Waals surface area contributed by atoms with Crippen molar-refractivity contribution in [2.45, 2.75) is 19.9 Å². The van der Waals surface area contributed by atoms with E-state index in [1.807, 2.05) is 17.9 Å². The molecule has 1 saturated heterocycles. The highest BCUT2D eigenvalue weighted by Crippen LogP contribution is 2.17. The lowest BCUT2D eigenvalue weighted by Gasteiger charge is -2.32. The van der Waals surface area contributed by atoms with Crippen LogP contribution < -0.4 is 5.32 Å². The van der Waals surface area contributed by atoms with Crippen LogP contribution in [-0.4, -0.2) is 36.5 Å². The number of carbonyl (C=O) groups is 1. The maximum atomic E-state index is 12.3. The summed E-state index contributed by atoms with van der Waals surface area (Å²) in [5, 5.41) is 4.03. The molecular weight excluding hydrogens is 271 g/mol. The summed E-state index contributed by atoms with van der Waals surface area (Å²) in [5.41, 5.74) is 1.67. The molecule has 18 heavy (non-hydrogen) atoms. The molecule has 1 N–H and O–H groups in total. The van der Waals surface area contributed by atoms with Gasteiger partial charge in [0.2, 0.25) is 0 Å². The second-order valence-electron chi connectivity index (χ2n) is 4.57. The second kappa shape index (κ2) is 6.41. The van der Waals surface area contributed by atoms with Crippen LogP contribution in [0.15, 0.2) is 18.2 Å². The van der Waals surface area contributed by atoms with E-state index in [9.17, 15) is 4.79 Å². The van der Waals surface area contributed by atoms with Crippen molar-refractivity contribution in [2.24, 2.45) is 0 Å². The fourth-order valence-corrected chi connectivity index (χ4v) is 2.19. The average molecular weight is 289 g/mol. The number of amides is 1. The molecule has 0 radical (unpaired) electrons. The third-order valence-electron chi connectivity index (χ3n) is 3.06. The Bertz CT molecular complexity index is 437. The number of carbonyl (C=O) groups excluding carboxylic acids is 1. The van der Waals surface area contributed by atoms with Gasteiger partial charge in [-0.1, -0.05) is 11.6 Å². The van der Waals surface area contributed by atoms with Crippen molar-refractivity contribution >= 4 is 29.9 Å². The predicted octanol–water partition coefficient (Wildman–Crippen LogP) is 2.50. The maximum Gasteiger partial charge on any atom is 0.253 e. The summed E-state index contributed by atoms with van der Waals surface area (Å²) in [6, 6.07) is 5.80. The predicted molar refractivity (Wildman–Crippen MR) is 76.8 cm³/mol. The average Bonchev–Trinajstić information content (AvgIpc) is 2.32. The quantitative estimate of drug-likeness (QED) is 0.861. The lowest BCUT2D eigenvalue weighted by Crippen LogP contribution is -2.51. The van der Waals surface area contributed by atoms with E-state index >= 15 is 0 Å². The number of halogens is 2. The van der Waals surface area contributed by atoms with Crippen LogP contribution in [0.2, 0.25) is 5.02 Å². The lowest BCUT2D eigenvalue weighted by atomic mass is 10.1. The van der Waals surface area contributed by atoms with Crippen molar-refractivity contribution in [3.05, 3.63) is 34.3 Å². The molecule has 5 heteroatoms. The first-order valence-electron chi connectivity index (χ1n) is 5.87. The van der Waals surface area contributed by atoms with Gasteiger partial charge in [-0.25, -0.2) is 0 Å². The zero-order chi connectivity index (χ0) is 12.4. The molecule has 1 fully saturated rings. The number of rotatable bonds is 1. The highest BCUT2D eigenvalue weighted by Gasteiger charge is 2.21. The summed E-state index contributed by atoms with van der Waals surface area (Å²) in [6.45, 7) is 6.40. The molecule has 1 amide bonds. The number of nitrogens with one attached hydrogen (secondary N) is 1.